The molecule has 0 bridgehead atoms. The number of aliphatic hydroxyl groups excluding tert-OH is 4. The summed E-state index contributed by atoms with van der Waals surface area (Å²) in [7, 11) is 0. The van der Waals surface area contributed by atoms with Crippen LogP contribution in [0.15, 0.2) is 0 Å². The third kappa shape index (κ3) is 24.9. The number of carbonyl (C=O) groups is 2. The average Bonchev–Trinajstić information content (AvgIpc) is 3.04. The van der Waals surface area contributed by atoms with E-state index in [0.29, 0.717) is 12.8 Å². The fourth-order valence-corrected chi connectivity index (χ4v) is 5.68. The average molecular weight is 661 g/mol. The van der Waals surface area contributed by atoms with Crippen LogP contribution in [0, 0.1) is 0 Å². The summed E-state index contributed by atoms with van der Waals surface area (Å²) in [6, 6.07) is 0. The van der Waals surface area contributed by atoms with Crippen LogP contribution < -0.4 is 0 Å². The third-order valence-corrected chi connectivity index (χ3v) is 8.77. The van der Waals surface area contributed by atoms with Crippen LogP contribution in [0.1, 0.15) is 194 Å². The zero-order chi connectivity index (χ0) is 34.3. The molecule has 274 valence electrons. The number of hydrogen-bond acceptors (Lipinski definition) is 9. The highest BCUT2D eigenvalue weighted by molar-refractivity contribution is 5.71. The number of aliphatic hydroxyl groups is 5. The van der Waals surface area contributed by atoms with E-state index >= 15 is 0 Å². The van der Waals surface area contributed by atoms with Gasteiger partial charge >= 0.3 is 17.9 Å². The molecule has 3 atom stereocenters. The van der Waals surface area contributed by atoms with E-state index in [1.165, 1.54) is 103 Å². The first kappa shape index (κ1) is 44.7. The molecule has 0 radical (unpaired) electrons. The van der Waals surface area contributed by atoms with Crippen LogP contribution in [0.3, 0.4) is 0 Å². The molecule has 0 aliphatic rings. The van der Waals surface area contributed by atoms with Gasteiger partial charge < -0.3 is 35.0 Å². The monoisotopic (exact) mass is 661 g/mol. The van der Waals surface area contributed by atoms with Crippen LogP contribution in [-0.4, -0.2) is 68.4 Å². The van der Waals surface area contributed by atoms with Crippen molar-refractivity contribution in [3.8, 4) is 0 Å². The van der Waals surface area contributed by atoms with E-state index < -0.39 is 42.8 Å². The summed E-state index contributed by atoms with van der Waals surface area (Å²) < 4.78 is 9.97. The fraction of sp³-hybridized carbons (Fsp3) is 0.946. The number of carbonyl (C=O) groups excluding carboxylic acids is 2. The Kier molecular flexibility index (Phi) is 30.2. The Morgan fingerprint density at radius 3 is 1.02 bits per heavy atom. The van der Waals surface area contributed by atoms with Crippen molar-refractivity contribution in [3.63, 3.8) is 0 Å². The van der Waals surface area contributed by atoms with Crippen LogP contribution in [0.25, 0.3) is 0 Å². The van der Waals surface area contributed by atoms with E-state index in [0.717, 1.165) is 51.4 Å². The Hall–Kier alpha value is -1.26. The highest BCUT2D eigenvalue weighted by atomic mass is 16.8. The lowest BCUT2D eigenvalue weighted by atomic mass is 10.0. The minimum atomic E-state index is -3.18. The highest BCUT2D eigenvalue weighted by Crippen LogP contribution is 2.23. The summed E-state index contributed by atoms with van der Waals surface area (Å²) >= 11 is 0. The normalized spacial score (nSPS) is 13.8. The molecule has 0 fully saturated rings. The van der Waals surface area contributed by atoms with E-state index in [9.17, 15) is 30.0 Å². The summed E-state index contributed by atoms with van der Waals surface area (Å²) in [6.07, 6.45) is 23.2. The lowest BCUT2D eigenvalue weighted by molar-refractivity contribution is -0.374. The van der Waals surface area contributed by atoms with Crippen LogP contribution in [0.5, 0.6) is 0 Å². The van der Waals surface area contributed by atoms with E-state index in [2.05, 4.69) is 13.8 Å². The molecule has 0 rings (SSSR count). The predicted molar refractivity (Wildman–Crippen MR) is 183 cm³/mol. The van der Waals surface area contributed by atoms with E-state index in [-0.39, 0.29) is 12.8 Å². The Labute approximate surface area is 280 Å². The molecule has 0 saturated heterocycles. The molecule has 0 aliphatic carbocycles. The van der Waals surface area contributed by atoms with Gasteiger partial charge in [0.25, 0.3) is 0 Å². The van der Waals surface area contributed by atoms with Crippen LogP contribution >= 0.6 is 0 Å². The number of ether oxygens (including phenoxy) is 2. The van der Waals surface area contributed by atoms with Crippen molar-refractivity contribution in [1.82, 2.24) is 0 Å². The van der Waals surface area contributed by atoms with Crippen molar-refractivity contribution in [2.75, 3.05) is 6.61 Å². The van der Waals surface area contributed by atoms with Gasteiger partial charge in [-0.1, -0.05) is 168 Å². The summed E-state index contributed by atoms with van der Waals surface area (Å²) in [4.78, 5) is 25.0. The van der Waals surface area contributed by atoms with Crippen molar-refractivity contribution >= 4 is 11.9 Å². The highest BCUT2D eigenvalue weighted by Gasteiger charge is 2.50. The molecule has 1 unspecified atom stereocenters. The molecule has 0 spiro atoms. The summed E-state index contributed by atoms with van der Waals surface area (Å²) in [6.45, 7) is 3.53. The van der Waals surface area contributed by atoms with Gasteiger partial charge in [0.1, 0.15) is 12.2 Å². The third-order valence-electron chi connectivity index (χ3n) is 8.77. The van der Waals surface area contributed by atoms with Crippen molar-refractivity contribution in [2.24, 2.45) is 0 Å². The van der Waals surface area contributed by atoms with Gasteiger partial charge in [0.15, 0.2) is 6.10 Å². The number of unbranched alkanes of at least 4 members (excludes halogenated alkanes) is 24. The molecule has 0 aromatic heterocycles. The largest absolute Gasteiger partial charge is 0.403 e. The van der Waals surface area contributed by atoms with Crippen molar-refractivity contribution in [2.45, 2.75) is 218 Å². The Bertz CT molecular complexity index is 658. The smallest absolute Gasteiger partial charge is 0.396 e. The van der Waals surface area contributed by atoms with E-state index in [1.807, 2.05) is 0 Å². The number of esters is 2. The summed E-state index contributed by atoms with van der Waals surface area (Å²) in [5.74, 6) is -4.98. The maximum atomic E-state index is 12.5. The van der Waals surface area contributed by atoms with Crippen LogP contribution in [0.4, 0.5) is 0 Å². The van der Waals surface area contributed by atoms with Gasteiger partial charge in [0, 0.05) is 12.8 Å². The molecule has 0 aromatic rings. The van der Waals surface area contributed by atoms with Gasteiger partial charge in [0.05, 0.1) is 6.61 Å². The molecule has 0 saturated carbocycles. The number of rotatable bonds is 34. The SMILES string of the molecule is CCCCCCCCCCCCCCCC(=O)OC(O)(OC(=O)CCCCCCCCCCCCCCC)[C@@H](O)C(O)[C@@H](O)CO. The minimum Gasteiger partial charge on any atom is -0.396 e. The summed E-state index contributed by atoms with van der Waals surface area (Å²) in [5.41, 5.74) is 0. The fourth-order valence-electron chi connectivity index (χ4n) is 5.68. The summed E-state index contributed by atoms with van der Waals surface area (Å²) in [5, 5.41) is 50.4. The predicted octanol–water partition coefficient (Wildman–Crippen LogP) is 7.76. The molecular weight excluding hydrogens is 588 g/mol. The topological polar surface area (TPSA) is 154 Å². The Balaban J connectivity index is 4.37. The molecule has 9 nitrogen and oxygen atoms in total. The molecule has 9 heteroatoms. The van der Waals surface area contributed by atoms with Gasteiger partial charge in [0.2, 0.25) is 0 Å². The first-order valence-electron chi connectivity index (χ1n) is 19.0. The second kappa shape index (κ2) is 31.0. The molecule has 46 heavy (non-hydrogen) atoms. The first-order valence-corrected chi connectivity index (χ1v) is 19.0. The standard InChI is InChI=1S/C37H72O9/c1-3-5-7-9-11-13-15-17-19-21-23-25-27-29-33(40)45-37(44,36(43)35(42)32(39)31-38)46-34(41)30-28-26-24-22-20-18-16-14-12-10-8-6-4-2/h32,35-36,38-39,42-44H,3-31H2,1-2H3/t32-,35?,36-/m0/s1. The van der Waals surface area contributed by atoms with Gasteiger partial charge in [-0.15, -0.1) is 0 Å². The Morgan fingerprint density at radius 2 is 0.761 bits per heavy atom. The lowest BCUT2D eigenvalue weighted by Gasteiger charge is -2.34. The maximum Gasteiger partial charge on any atom is 0.403 e. The van der Waals surface area contributed by atoms with Gasteiger partial charge in [-0.3, -0.25) is 9.59 Å². The molecule has 0 heterocycles. The second-order valence-electron chi connectivity index (χ2n) is 13.2. The zero-order valence-electron chi connectivity index (χ0n) is 29.6. The van der Waals surface area contributed by atoms with Gasteiger partial charge in [-0.05, 0) is 12.8 Å². The quantitative estimate of drug-likeness (QED) is 0.0265. The molecule has 5 N–H and O–H groups in total. The molecule has 0 aliphatic heterocycles. The first-order chi connectivity index (χ1) is 22.2. The zero-order valence-corrected chi connectivity index (χ0v) is 29.6. The number of hydrogen-bond donors (Lipinski definition) is 5. The maximum absolute atomic E-state index is 12.5. The van der Waals surface area contributed by atoms with Crippen molar-refractivity contribution < 1.29 is 44.6 Å². The van der Waals surface area contributed by atoms with Crippen LogP contribution in [0.2, 0.25) is 0 Å². The van der Waals surface area contributed by atoms with E-state index in [1.54, 1.807) is 0 Å². The van der Waals surface area contributed by atoms with Crippen LogP contribution in [-0.2, 0) is 19.1 Å². The molecule has 0 aromatic carbocycles. The lowest BCUT2D eigenvalue weighted by Crippen LogP contribution is -2.58. The van der Waals surface area contributed by atoms with Crippen molar-refractivity contribution in [1.29, 1.82) is 0 Å². The molecular formula is C37H72O9. The van der Waals surface area contributed by atoms with E-state index in [4.69, 9.17) is 14.6 Å². The second-order valence-corrected chi connectivity index (χ2v) is 13.2. The van der Waals surface area contributed by atoms with Crippen molar-refractivity contribution in [3.05, 3.63) is 0 Å². The van der Waals surface area contributed by atoms with Gasteiger partial charge in [-0.25, -0.2) is 0 Å². The minimum absolute atomic E-state index is 0.0676. The Morgan fingerprint density at radius 1 is 0.500 bits per heavy atom. The molecule has 0 amide bonds. The van der Waals surface area contributed by atoms with Gasteiger partial charge in [-0.2, -0.15) is 0 Å².